The van der Waals surface area contributed by atoms with Gasteiger partial charge in [0.1, 0.15) is 5.60 Å². The minimum Gasteiger partial charge on any atom is -0.444 e. The second-order valence-electron chi connectivity index (χ2n) is 9.90. The number of anilines is 1. The van der Waals surface area contributed by atoms with Crippen LogP contribution in [-0.2, 0) is 22.1 Å². The maximum absolute atomic E-state index is 13.3. The molecular formula is C26H29F3N2O3. The van der Waals surface area contributed by atoms with Crippen molar-refractivity contribution in [3.8, 4) is 11.1 Å². The molecule has 0 radical (unpaired) electrons. The number of alkyl halides is 3. The highest BCUT2D eigenvalue weighted by Gasteiger charge is 2.35. The fourth-order valence-electron chi connectivity index (χ4n) is 4.50. The number of benzene rings is 2. The first-order valence-electron chi connectivity index (χ1n) is 11.5. The Hall–Kier alpha value is -3.03. The zero-order valence-corrected chi connectivity index (χ0v) is 19.6. The zero-order valence-electron chi connectivity index (χ0n) is 19.6. The van der Waals surface area contributed by atoms with Gasteiger partial charge in [0.05, 0.1) is 5.56 Å². The normalized spacial score (nSPS) is 17.0. The number of piperidine rings is 1. The highest BCUT2D eigenvalue weighted by Crippen LogP contribution is 2.36. The minimum absolute atomic E-state index is 0.0344. The van der Waals surface area contributed by atoms with Gasteiger partial charge in [-0.1, -0.05) is 24.3 Å². The van der Waals surface area contributed by atoms with Crippen molar-refractivity contribution < 1.29 is 27.5 Å². The van der Waals surface area contributed by atoms with Gasteiger partial charge in [0, 0.05) is 31.2 Å². The van der Waals surface area contributed by atoms with Crippen LogP contribution in [0.1, 0.15) is 44.7 Å². The van der Waals surface area contributed by atoms with Crippen LogP contribution >= 0.6 is 0 Å². The molecule has 0 atom stereocenters. The number of halogens is 3. The van der Waals surface area contributed by atoms with Gasteiger partial charge in [0.2, 0.25) is 5.91 Å². The number of carbonyl (C=O) groups is 2. The van der Waals surface area contributed by atoms with E-state index in [0.717, 1.165) is 35.4 Å². The molecule has 2 amide bonds. The van der Waals surface area contributed by atoms with Crippen LogP contribution in [0.15, 0.2) is 42.5 Å². The summed E-state index contributed by atoms with van der Waals surface area (Å²) < 4.78 is 44.1. The number of amides is 2. The number of nitrogens with zero attached hydrogens (tertiary/aromatic N) is 2. The topological polar surface area (TPSA) is 49.9 Å². The molecule has 0 saturated carbocycles. The van der Waals surface area contributed by atoms with Crippen LogP contribution < -0.4 is 4.90 Å². The van der Waals surface area contributed by atoms with E-state index in [4.69, 9.17) is 4.74 Å². The number of hydrogen-bond acceptors (Lipinski definition) is 3. The second kappa shape index (κ2) is 8.96. The van der Waals surface area contributed by atoms with E-state index in [1.54, 1.807) is 9.80 Å². The van der Waals surface area contributed by atoms with Crippen molar-refractivity contribution in [2.45, 2.75) is 51.8 Å². The molecule has 182 valence electrons. The highest BCUT2D eigenvalue weighted by molar-refractivity contribution is 5.98. The Labute approximate surface area is 197 Å². The summed E-state index contributed by atoms with van der Waals surface area (Å²) in [5, 5.41) is 0. The number of rotatable bonds is 2. The molecule has 0 N–H and O–H groups in total. The quantitative estimate of drug-likeness (QED) is 0.544. The molecule has 8 heteroatoms. The molecule has 2 aromatic carbocycles. The van der Waals surface area contributed by atoms with Crippen LogP contribution in [0.4, 0.5) is 23.7 Å². The molecule has 2 aliphatic heterocycles. The molecule has 34 heavy (non-hydrogen) atoms. The van der Waals surface area contributed by atoms with Gasteiger partial charge in [-0.3, -0.25) is 4.79 Å². The summed E-state index contributed by atoms with van der Waals surface area (Å²) in [6.07, 6.45) is -2.85. The predicted octanol–water partition coefficient (Wildman–Crippen LogP) is 5.91. The van der Waals surface area contributed by atoms with E-state index in [-0.39, 0.29) is 17.9 Å². The number of likely N-dealkylation sites (tertiary alicyclic amines) is 1. The molecule has 1 fully saturated rings. The number of fused-ring (bicyclic) bond motifs is 1. The van der Waals surface area contributed by atoms with E-state index in [0.29, 0.717) is 38.0 Å². The van der Waals surface area contributed by atoms with Crippen molar-refractivity contribution in [3.05, 3.63) is 53.6 Å². The number of hydrogen-bond donors (Lipinski definition) is 0. The summed E-state index contributed by atoms with van der Waals surface area (Å²) in [5.74, 6) is -0.147. The van der Waals surface area contributed by atoms with Crippen LogP contribution in [0.25, 0.3) is 11.1 Å². The molecule has 5 nitrogen and oxygen atoms in total. The van der Waals surface area contributed by atoms with Crippen molar-refractivity contribution in [2.24, 2.45) is 5.92 Å². The van der Waals surface area contributed by atoms with Crippen LogP contribution in [0.2, 0.25) is 0 Å². The van der Waals surface area contributed by atoms with Gasteiger partial charge in [-0.2, -0.15) is 13.2 Å². The van der Waals surface area contributed by atoms with E-state index in [2.05, 4.69) is 0 Å². The van der Waals surface area contributed by atoms with Crippen molar-refractivity contribution in [1.82, 2.24) is 4.90 Å². The Morgan fingerprint density at radius 2 is 1.53 bits per heavy atom. The average Bonchev–Trinajstić information content (AvgIpc) is 3.20. The minimum atomic E-state index is -4.38. The predicted molar refractivity (Wildman–Crippen MR) is 123 cm³/mol. The third kappa shape index (κ3) is 5.21. The van der Waals surface area contributed by atoms with Crippen LogP contribution in [0.3, 0.4) is 0 Å². The zero-order chi connectivity index (χ0) is 24.7. The summed E-state index contributed by atoms with van der Waals surface area (Å²) in [7, 11) is 0. The molecule has 1 saturated heterocycles. The van der Waals surface area contributed by atoms with Crippen LogP contribution in [-0.4, -0.2) is 42.1 Å². The number of carbonyl (C=O) groups excluding carboxylic acids is 2. The standard InChI is InChI=1S/C26H29F3N2O3/c1-25(2,3)34-24(33)30-13-10-19(11-14-30)23(32)31-15-12-18-4-5-20(16-22(18)31)17-6-8-21(9-7-17)26(27,28)29/h4-9,16,19H,10-15H2,1-3H3. The van der Waals surface area contributed by atoms with Crippen LogP contribution in [0.5, 0.6) is 0 Å². The van der Waals surface area contributed by atoms with Gasteiger partial charge in [-0.25, -0.2) is 4.79 Å². The third-order valence-corrected chi connectivity index (χ3v) is 6.29. The molecule has 4 rings (SSSR count). The van der Waals surface area contributed by atoms with Crippen molar-refractivity contribution in [2.75, 3.05) is 24.5 Å². The summed E-state index contributed by atoms with van der Waals surface area (Å²) in [5.41, 5.74) is 2.06. The van der Waals surface area contributed by atoms with E-state index in [9.17, 15) is 22.8 Å². The van der Waals surface area contributed by atoms with E-state index < -0.39 is 17.3 Å². The maximum atomic E-state index is 13.3. The molecule has 0 bridgehead atoms. The first kappa shape index (κ1) is 24.1. The summed E-state index contributed by atoms with van der Waals surface area (Å²) in [6, 6.07) is 10.8. The molecule has 0 spiro atoms. The summed E-state index contributed by atoms with van der Waals surface area (Å²) in [6.45, 7) is 6.99. The van der Waals surface area contributed by atoms with Gasteiger partial charge >= 0.3 is 12.3 Å². The van der Waals surface area contributed by atoms with Gasteiger partial charge in [-0.15, -0.1) is 0 Å². The number of ether oxygens (including phenoxy) is 1. The smallest absolute Gasteiger partial charge is 0.416 e. The average molecular weight is 475 g/mol. The molecule has 2 aliphatic rings. The van der Waals surface area contributed by atoms with Crippen molar-refractivity contribution >= 4 is 17.7 Å². The summed E-state index contributed by atoms with van der Waals surface area (Å²) in [4.78, 5) is 29.1. The van der Waals surface area contributed by atoms with Crippen LogP contribution in [0, 0.1) is 5.92 Å². The Morgan fingerprint density at radius 1 is 0.912 bits per heavy atom. The first-order valence-corrected chi connectivity index (χ1v) is 11.5. The van der Waals surface area contributed by atoms with Crippen molar-refractivity contribution in [1.29, 1.82) is 0 Å². The van der Waals surface area contributed by atoms with E-state index in [1.165, 1.54) is 12.1 Å². The second-order valence-corrected chi connectivity index (χ2v) is 9.90. The van der Waals surface area contributed by atoms with Gasteiger partial charge in [0.15, 0.2) is 0 Å². The maximum Gasteiger partial charge on any atom is 0.416 e. The monoisotopic (exact) mass is 474 g/mol. The fraction of sp³-hybridized carbons (Fsp3) is 0.462. The Bertz CT molecular complexity index is 1070. The highest BCUT2D eigenvalue weighted by atomic mass is 19.4. The van der Waals surface area contributed by atoms with Crippen molar-refractivity contribution in [3.63, 3.8) is 0 Å². The lowest BCUT2D eigenvalue weighted by molar-refractivity contribution is -0.137. The Balaban J connectivity index is 1.45. The lowest BCUT2D eigenvalue weighted by atomic mass is 9.95. The first-order chi connectivity index (χ1) is 15.9. The van der Waals surface area contributed by atoms with Gasteiger partial charge < -0.3 is 14.5 Å². The third-order valence-electron chi connectivity index (χ3n) is 6.29. The SMILES string of the molecule is CC(C)(C)OC(=O)N1CCC(C(=O)N2CCc3ccc(-c4ccc(C(F)(F)F)cc4)cc32)CC1. The molecule has 2 heterocycles. The Morgan fingerprint density at radius 3 is 2.12 bits per heavy atom. The molecular weight excluding hydrogens is 445 g/mol. The molecule has 0 aliphatic carbocycles. The molecule has 2 aromatic rings. The molecule has 0 unspecified atom stereocenters. The largest absolute Gasteiger partial charge is 0.444 e. The Kier molecular flexibility index (Phi) is 6.36. The lowest BCUT2D eigenvalue weighted by Crippen LogP contribution is -2.45. The molecule has 0 aromatic heterocycles. The van der Waals surface area contributed by atoms with Gasteiger partial charge in [-0.05, 0) is 74.9 Å². The summed E-state index contributed by atoms with van der Waals surface area (Å²) >= 11 is 0. The van der Waals surface area contributed by atoms with E-state index >= 15 is 0 Å². The van der Waals surface area contributed by atoms with Gasteiger partial charge in [0.25, 0.3) is 0 Å². The lowest BCUT2D eigenvalue weighted by Gasteiger charge is -2.34. The van der Waals surface area contributed by atoms with E-state index in [1.807, 2.05) is 39.0 Å². The fourth-order valence-corrected chi connectivity index (χ4v) is 4.50.